The van der Waals surface area contributed by atoms with Crippen LogP contribution in [-0.4, -0.2) is 42.0 Å². The summed E-state index contributed by atoms with van der Waals surface area (Å²) in [5, 5.41) is 4.03. The van der Waals surface area contributed by atoms with Crippen molar-refractivity contribution in [3.8, 4) is 23.0 Å². The van der Waals surface area contributed by atoms with Gasteiger partial charge in [-0.05, 0) is 36.6 Å². The molecule has 3 aromatic heterocycles. The van der Waals surface area contributed by atoms with Crippen LogP contribution in [0.15, 0.2) is 59.5 Å². The zero-order valence-electron chi connectivity index (χ0n) is 16.5. The minimum Gasteiger partial charge on any atom is -0.336 e. The van der Waals surface area contributed by atoms with Crippen molar-refractivity contribution in [1.29, 1.82) is 0 Å². The number of carbonyl (C=O) groups excluding carboxylic acids is 1. The van der Waals surface area contributed by atoms with E-state index in [4.69, 9.17) is 4.52 Å². The van der Waals surface area contributed by atoms with E-state index in [1.807, 2.05) is 28.5 Å². The predicted octanol–water partition coefficient (Wildman–Crippen LogP) is 2.89. The molecule has 1 amide bonds. The maximum absolute atomic E-state index is 12.9. The Hall–Kier alpha value is -3.81. The molecular weight excluding hydrogens is 380 g/mol. The highest BCUT2D eigenvalue weighted by Crippen LogP contribution is 2.22. The summed E-state index contributed by atoms with van der Waals surface area (Å²) in [6.45, 7) is 3.48. The number of pyridine rings is 1. The standard InChI is InChI=1S/C22H20N6O2/c1-15-24-19(21-25-22(30-26-21)17-6-9-23-10-7-17)13-28(15)14-20(29)27-11-8-16-4-2-3-5-18(16)12-27/h2-7,9-10,13H,8,11-12,14H2,1H3. The predicted molar refractivity (Wildman–Crippen MR) is 109 cm³/mol. The van der Waals surface area contributed by atoms with Gasteiger partial charge in [0.2, 0.25) is 11.7 Å². The lowest BCUT2D eigenvalue weighted by molar-refractivity contribution is -0.132. The van der Waals surface area contributed by atoms with E-state index in [0.29, 0.717) is 24.0 Å². The second-order valence-electron chi connectivity index (χ2n) is 7.29. The fourth-order valence-electron chi connectivity index (χ4n) is 3.67. The van der Waals surface area contributed by atoms with Crippen LogP contribution in [0.1, 0.15) is 17.0 Å². The molecular formula is C22H20N6O2. The maximum Gasteiger partial charge on any atom is 0.258 e. The fourth-order valence-corrected chi connectivity index (χ4v) is 3.67. The van der Waals surface area contributed by atoms with Crippen LogP contribution in [0.3, 0.4) is 0 Å². The molecule has 30 heavy (non-hydrogen) atoms. The number of hydrogen-bond acceptors (Lipinski definition) is 6. The lowest BCUT2D eigenvalue weighted by Crippen LogP contribution is -2.38. The molecule has 0 spiro atoms. The van der Waals surface area contributed by atoms with Crippen molar-refractivity contribution in [2.24, 2.45) is 0 Å². The van der Waals surface area contributed by atoms with Crippen molar-refractivity contribution in [3.63, 3.8) is 0 Å². The topological polar surface area (TPSA) is 89.9 Å². The Balaban J connectivity index is 1.32. The lowest BCUT2D eigenvalue weighted by Gasteiger charge is -2.29. The van der Waals surface area contributed by atoms with Gasteiger partial charge in [0, 0.05) is 37.2 Å². The van der Waals surface area contributed by atoms with Crippen molar-refractivity contribution in [2.75, 3.05) is 6.54 Å². The van der Waals surface area contributed by atoms with E-state index in [1.165, 1.54) is 11.1 Å². The molecule has 8 nitrogen and oxygen atoms in total. The van der Waals surface area contributed by atoms with Crippen molar-refractivity contribution in [3.05, 3.63) is 71.9 Å². The normalized spacial score (nSPS) is 13.3. The summed E-state index contributed by atoms with van der Waals surface area (Å²) in [6.07, 6.45) is 6.02. The summed E-state index contributed by atoms with van der Waals surface area (Å²) in [7, 11) is 0. The molecule has 8 heteroatoms. The van der Waals surface area contributed by atoms with Crippen molar-refractivity contribution < 1.29 is 9.32 Å². The van der Waals surface area contributed by atoms with Crippen LogP contribution in [0.4, 0.5) is 0 Å². The monoisotopic (exact) mass is 400 g/mol. The first-order chi connectivity index (χ1) is 14.7. The average molecular weight is 400 g/mol. The molecule has 0 atom stereocenters. The largest absolute Gasteiger partial charge is 0.336 e. The van der Waals surface area contributed by atoms with Gasteiger partial charge in [-0.1, -0.05) is 29.4 Å². The number of aromatic nitrogens is 5. The number of amides is 1. The van der Waals surface area contributed by atoms with Crippen LogP contribution in [-0.2, 0) is 24.3 Å². The molecule has 1 aliphatic heterocycles. The van der Waals surface area contributed by atoms with Gasteiger partial charge in [0.15, 0.2) is 0 Å². The number of carbonyl (C=O) groups is 1. The fraction of sp³-hybridized carbons (Fsp3) is 0.227. The Morgan fingerprint density at radius 1 is 1.10 bits per heavy atom. The molecule has 0 fully saturated rings. The Morgan fingerprint density at radius 2 is 1.90 bits per heavy atom. The van der Waals surface area contributed by atoms with Crippen LogP contribution in [0.2, 0.25) is 0 Å². The minimum atomic E-state index is 0.0714. The Bertz CT molecular complexity index is 1200. The van der Waals surface area contributed by atoms with E-state index in [2.05, 4.69) is 32.2 Å². The second kappa shape index (κ2) is 7.55. The van der Waals surface area contributed by atoms with E-state index in [9.17, 15) is 4.79 Å². The molecule has 0 unspecified atom stereocenters. The smallest absolute Gasteiger partial charge is 0.258 e. The number of imidazole rings is 1. The van der Waals surface area contributed by atoms with Gasteiger partial charge in [0.05, 0.1) is 0 Å². The molecule has 0 radical (unpaired) electrons. The maximum atomic E-state index is 12.9. The quantitative estimate of drug-likeness (QED) is 0.523. The van der Waals surface area contributed by atoms with Crippen LogP contribution in [0.25, 0.3) is 23.0 Å². The van der Waals surface area contributed by atoms with Gasteiger partial charge in [-0.3, -0.25) is 9.78 Å². The van der Waals surface area contributed by atoms with Gasteiger partial charge < -0.3 is 14.0 Å². The molecule has 0 saturated carbocycles. The van der Waals surface area contributed by atoms with E-state index in [1.54, 1.807) is 30.7 Å². The van der Waals surface area contributed by atoms with Gasteiger partial charge in [0.25, 0.3) is 5.89 Å². The summed E-state index contributed by atoms with van der Waals surface area (Å²) in [5.41, 5.74) is 3.91. The van der Waals surface area contributed by atoms with Gasteiger partial charge >= 0.3 is 0 Å². The molecule has 5 rings (SSSR count). The highest BCUT2D eigenvalue weighted by atomic mass is 16.5. The first-order valence-corrected chi connectivity index (χ1v) is 9.80. The number of aryl methyl sites for hydroxylation is 1. The number of rotatable bonds is 4. The molecule has 0 aliphatic carbocycles. The van der Waals surface area contributed by atoms with Crippen molar-refractivity contribution in [1.82, 2.24) is 29.6 Å². The number of fused-ring (bicyclic) bond motifs is 1. The summed E-state index contributed by atoms with van der Waals surface area (Å²) in [5.74, 6) is 1.60. The molecule has 0 N–H and O–H groups in total. The van der Waals surface area contributed by atoms with Gasteiger partial charge in [-0.25, -0.2) is 4.98 Å². The van der Waals surface area contributed by atoms with Gasteiger partial charge in [0.1, 0.15) is 18.1 Å². The summed E-state index contributed by atoms with van der Waals surface area (Å²) < 4.78 is 7.18. The highest BCUT2D eigenvalue weighted by molar-refractivity contribution is 5.76. The number of nitrogens with zero attached hydrogens (tertiary/aromatic N) is 6. The molecule has 4 heterocycles. The molecule has 0 saturated heterocycles. The van der Waals surface area contributed by atoms with E-state index in [0.717, 1.165) is 24.4 Å². The third-order valence-electron chi connectivity index (χ3n) is 5.35. The van der Waals surface area contributed by atoms with Crippen molar-refractivity contribution >= 4 is 5.91 Å². The van der Waals surface area contributed by atoms with Crippen LogP contribution < -0.4 is 0 Å². The van der Waals surface area contributed by atoms with Crippen LogP contribution >= 0.6 is 0 Å². The number of benzene rings is 1. The van der Waals surface area contributed by atoms with E-state index in [-0.39, 0.29) is 12.5 Å². The average Bonchev–Trinajstić information content (AvgIpc) is 3.41. The molecule has 0 bridgehead atoms. The first kappa shape index (κ1) is 18.2. The van der Waals surface area contributed by atoms with Crippen LogP contribution in [0.5, 0.6) is 0 Å². The highest BCUT2D eigenvalue weighted by Gasteiger charge is 2.22. The summed E-state index contributed by atoms with van der Waals surface area (Å²) >= 11 is 0. The Morgan fingerprint density at radius 3 is 2.73 bits per heavy atom. The van der Waals surface area contributed by atoms with E-state index >= 15 is 0 Å². The van der Waals surface area contributed by atoms with Crippen LogP contribution in [0, 0.1) is 6.92 Å². The van der Waals surface area contributed by atoms with Gasteiger partial charge in [-0.15, -0.1) is 0 Å². The van der Waals surface area contributed by atoms with Gasteiger partial charge in [-0.2, -0.15) is 4.98 Å². The Labute approximate surface area is 173 Å². The second-order valence-corrected chi connectivity index (χ2v) is 7.29. The lowest BCUT2D eigenvalue weighted by atomic mass is 10.00. The zero-order valence-corrected chi connectivity index (χ0v) is 16.5. The third kappa shape index (κ3) is 3.47. The molecule has 1 aromatic carbocycles. The van der Waals surface area contributed by atoms with E-state index < -0.39 is 0 Å². The summed E-state index contributed by atoms with van der Waals surface area (Å²) in [4.78, 5) is 27.7. The molecule has 150 valence electrons. The zero-order chi connectivity index (χ0) is 20.5. The number of hydrogen-bond donors (Lipinski definition) is 0. The third-order valence-corrected chi connectivity index (χ3v) is 5.35. The molecule has 4 aromatic rings. The first-order valence-electron chi connectivity index (χ1n) is 9.80. The molecule has 1 aliphatic rings. The minimum absolute atomic E-state index is 0.0714. The Kier molecular flexibility index (Phi) is 4.59. The SMILES string of the molecule is Cc1nc(-c2noc(-c3ccncc3)n2)cn1CC(=O)N1CCc2ccccc2C1. The summed E-state index contributed by atoms with van der Waals surface area (Å²) in [6, 6.07) is 11.9. The van der Waals surface area contributed by atoms with Crippen molar-refractivity contribution in [2.45, 2.75) is 26.4 Å².